The second kappa shape index (κ2) is 8.65. The number of ketones is 1. The van der Waals surface area contributed by atoms with Crippen molar-refractivity contribution in [1.82, 2.24) is 0 Å². The molecule has 0 heterocycles. The van der Waals surface area contributed by atoms with Crippen molar-refractivity contribution in [2.45, 2.75) is 56.5 Å². The van der Waals surface area contributed by atoms with E-state index in [-0.39, 0.29) is 24.0 Å². The first-order valence-corrected chi connectivity index (χ1v) is 9.89. The standard InChI is InChI=1S/C23H22F6O2/c1-15(16-11-18(22(24,25)26)13-19(12-16)23(27,28)29)31-14-21(9-7-20(30)8-10-21)17-5-3-2-4-6-17/h2-6,11-13,15H,7-10,14H2,1H3. The largest absolute Gasteiger partial charge is 0.416 e. The Balaban J connectivity index is 1.87. The molecule has 3 rings (SSSR count). The van der Waals surface area contributed by atoms with Gasteiger partial charge in [-0.05, 0) is 49.1 Å². The molecule has 1 aliphatic rings. The SMILES string of the molecule is CC(OCC1(c2ccccc2)CCC(=O)CC1)c1cc(C(F)(F)F)cc(C(F)(F)F)c1. The summed E-state index contributed by atoms with van der Waals surface area (Å²) in [6, 6.07) is 10.8. The Hall–Kier alpha value is -2.35. The molecule has 1 unspecified atom stereocenters. The maximum atomic E-state index is 13.2. The van der Waals surface area contributed by atoms with Crippen molar-refractivity contribution in [3.05, 3.63) is 70.8 Å². The van der Waals surface area contributed by atoms with Gasteiger partial charge in [0.1, 0.15) is 5.78 Å². The van der Waals surface area contributed by atoms with Gasteiger partial charge in [-0.25, -0.2) is 0 Å². The normalized spacial score (nSPS) is 18.1. The smallest absolute Gasteiger partial charge is 0.373 e. The molecule has 0 bridgehead atoms. The second-order valence-corrected chi connectivity index (χ2v) is 7.98. The van der Waals surface area contributed by atoms with Crippen molar-refractivity contribution in [1.29, 1.82) is 0 Å². The molecule has 1 aliphatic carbocycles. The van der Waals surface area contributed by atoms with Crippen molar-refractivity contribution in [3.63, 3.8) is 0 Å². The molecule has 2 nitrogen and oxygen atoms in total. The van der Waals surface area contributed by atoms with Gasteiger partial charge in [0.15, 0.2) is 0 Å². The van der Waals surface area contributed by atoms with Crippen LogP contribution in [-0.4, -0.2) is 12.4 Å². The Bertz CT molecular complexity index is 876. The highest BCUT2D eigenvalue weighted by Crippen LogP contribution is 2.41. The van der Waals surface area contributed by atoms with E-state index in [0.29, 0.717) is 37.8 Å². The molecule has 8 heteroatoms. The second-order valence-electron chi connectivity index (χ2n) is 7.98. The van der Waals surface area contributed by atoms with E-state index in [0.717, 1.165) is 5.56 Å². The van der Waals surface area contributed by atoms with E-state index in [4.69, 9.17) is 4.74 Å². The van der Waals surface area contributed by atoms with E-state index >= 15 is 0 Å². The van der Waals surface area contributed by atoms with Crippen LogP contribution in [0.5, 0.6) is 0 Å². The first-order chi connectivity index (χ1) is 14.4. The van der Waals surface area contributed by atoms with Gasteiger partial charge in [-0.3, -0.25) is 4.79 Å². The van der Waals surface area contributed by atoms with E-state index in [1.807, 2.05) is 30.3 Å². The van der Waals surface area contributed by atoms with Crippen LogP contribution in [0, 0.1) is 0 Å². The summed E-state index contributed by atoms with van der Waals surface area (Å²) < 4.78 is 84.8. The number of rotatable bonds is 5. The van der Waals surface area contributed by atoms with Crippen molar-refractivity contribution in [2.75, 3.05) is 6.61 Å². The van der Waals surface area contributed by atoms with E-state index < -0.39 is 35.0 Å². The van der Waals surface area contributed by atoms with Crippen LogP contribution < -0.4 is 0 Å². The molecule has 0 aliphatic heterocycles. The van der Waals surface area contributed by atoms with Gasteiger partial charge in [0, 0.05) is 18.3 Å². The minimum absolute atomic E-state index is 0.0864. The fraction of sp³-hybridized carbons (Fsp3) is 0.435. The number of alkyl halides is 6. The summed E-state index contributed by atoms with van der Waals surface area (Å²) in [7, 11) is 0. The fourth-order valence-electron chi connectivity index (χ4n) is 3.91. The molecule has 31 heavy (non-hydrogen) atoms. The summed E-state index contributed by atoms with van der Waals surface area (Å²) in [6.45, 7) is 1.52. The van der Waals surface area contributed by atoms with Gasteiger partial charge in [0.25, 0.3) is 0 Å². The third kappa shape index (κ3) is 5.47. The number of hydrogen-bond donors (Lipinski definition) is 0. The van der Waals surface area contributed by atoms with Crippen LogP contribution in [0.25, 0.3) is 0 Å². The molecule has 0 aromatic heterocycles. The van der Waals surface area contributed by atoms with Gasteiger partial charge >= 0.3 is 12.4 Å². The van der Waals surface area contributed by atoms with Crippen LogP contribution >= 0.6 is 0 Å². The predicted molar refractivity (Wildman–Crippen MR) is 102 cm³/mol. The van der Waals surface area contributed by atoms with Gasteiger partial charge in [-0.1, -0.05) is 30.3 Å². The summed E-state index contributed by atoms with van der Waals surface area (Å²) in [5, 5.41) is 0. The predicted octanol–water partition coefficient (Wildman–Crippen LogP) is 6.88. The quantitative estimate of drug-likeness (QED) is 0.470. The molecule has 1 atom stereocenters. The Morgan fingerprint density at radius 2 is 1.42 bits per heavy atom. The number of hydrogen-bond acceptors (Lipinski definition) is 2. The highest BCUT2D eigenvalue weighted by molar-refractivity contribution is 5.79. The molecular formula is C23H22F6O2. The van der Waals surface area contributed by atoms with E-state index in [2.05, 4.69) is 0 Å². The van der Waals surface area contributed by atoms with Gasteiger partial charge in [-0.2, -0.15) is 26.3 Å². The molecule has 0 N–H and O–H groups in total. The monoisotopic (exact) mass is 444 g/mol. The molecule has 1 fully saturated rings. The zero-order valence-corrected chi connectivity index (χ0v) is 16.8. The van der Waals surface area contributed by atoms with Gasteiger partial charge in [0.05, 0.1) is 23.8 Å². The average Bonchev–Trinajstić information content (AvgIpc) is 2.72. The number of carbonyl (C=O) groups excluding carboxylic acids is 1. The lowest BCUT2D eigenvalue weighted by Crippen LogP contribution is -2.37. The van der Waals surface area contributed by atoms with Crippen LogP contribution in [0.3, 0.4) is 0 Å². The lowest BCUT2D eigenvalue weighted by Gasteiger charge is -2.38. The number of ether oxygens (including phenoxy) is 1. The Kier molecular flexibility index (Phi) is 6.51. The summed E-state index contributed by atoms with van der Waals surface area (Å²) >= 11 is 0. The first-order valence-electron chi connectivity index (χ1n) is 9.89. The van der Waals surface area contributed by atoms with Crippen molar-refractivity contribution < 1.29 is 35.9 Å². The molecule has 2 aromatic rings. The van der Waals surface area contributed by atoms with E-state index in [9.17, 15) is 31.1 Å². The highest BCUT2D eigenvalue weighted by Gasteiger charge is 2.39. The minimum atomic E-state index is -4.91. The lowest BCUT2D eigenvalue weighted by molar-refractivity contribution is -0.143. The molecule has 168 valence electrons. The van der Waals surface area contributed by atoms with Gasteiger partial charge < -0.3 is 4.74 Å². The molecule has 2 aromatic carbocycles. The van der Waals surface area contributed by atoms with Gasteiger partial charge in [-0.15, -0.1) is 0 Å². The third-order valence-corrected chi connectivity index (χ3v) is 5.84. The van der Waals surface area contributed by atoms with Crippen molar-refractivity contribution in [3.8, 4) is 0 Å². The highest BCUT2D eigenvalue weighted by atomic mass is 19.4. The molecule has 0 spiro atoms. The third-order valence-electron chi connectivity index (χ3n) is 5.84. The number of halogens is 6. The Morgan fingerprint density at radius 3 is 1.90 bits per heavy atom. The maximum absolute atomic E-state index is 13.2. The molecular weight excluding hydrogens is 422 g/mol. The van der Waals surface area contributed by atoms with Crippen LogP contribution in [0.2, 0.25) is 0 Å². The Morgan fingerprint density at radius 1 is 0.903 bits per heavy atom. The fourth-order valence-corrected chi connectivity index (χ4v) is 3.91. The number of Topliss-reactive ketones (excluding diaryl/α,β-unsaturated/α-hetero) is 1. The molecule has 0 amide bonds. The number of benzene rings is 2. The van der Waals surface area contributed by atoms with Crippen molar-refractivity contribution in [2.24, 2.45) is 0 Å². The van der Waals surface area contributed by atoms with Crippen LogP contribution in [0.15, 0.2) is 48.5 Å². The summed E-state index contributed by atoms with van der Waals surface area (Å²) in [5.41, 5.74) is -2.51. The van der Waals surface area contributed by atoms with Gasteiger partial charge in [0.2, 0.25) is 0 Å². The van der Waals surface area contributed by atoms with Crippen LogP contribution in [-0.2, 0) is 27.3 Å². The van der Waals surface area contributed by atoms with Crippen molar-refractivity contribution >= 4 is 5.78 Å². The minimum Gasteiger partial charge on any atom is -0.373 e. The number of carbonyl (C=O) groups is 1. The lowest BCUT2D eigenvalue weighted by atomic mass is 9.69. The summed E-state index contributed by atoms with van der Waals surface area (Å²) in [4.78, 5) is 11.8. The Labute approximate surface area is 176 Å². The zero-order valence-electron chi connectivity index (χ0n) is 16.8. The average molecular weight is 444 g/mol. The molecule has 0 radical (unpaired) electrons. The first kappa shape index (κ1) is 23.3. The van der Waals surface area contributed by atoms with Crippen LogP contribution in [0.4, 0.5) is 26.3 Å². The summed E-state index contributed by atoms with van der Waals surface area (Å²) in [5.74, 6) is 0.132. The topological polar surface area (TPSA) is 26.3 Å². The van der Waals surface area contributed by atoms with E-state index in [1.54, 1.807) is 0 Å². The maximum Gasteiger partial charge on any atom is 0.416 e. The molecule has 0 saturated heterocycles. The molecule has 1 saturated carbocycles. The summed E-state index contributed by atoms with van der Waals surface area (Å²) in [6.07, 6.45) is -9.09. The zero-order chi connectivity index (χ0) is 22.9. The van der Waals surface area contributed by atoms with Crippen LogP contribution in [0.1, 0.15) is 61.0 Å². The van der Waals surface area contributed by atoms with E-state index in [1.165, 1.54) is 6.92 Å².